The molecule has 0 amide bonds. The molecule has 1 saturated heterocycles. The third-order valence-corrected chi connectivity index (χ3v) is 5.75. The molecule has 0 spiro atoms. The summed E-state index contributed by atoms with van der Waals surface area (Å²) in [6, 6.07) is 11.2. The predicted octanol–water partition coefficient (Wildman–Crippen LogP) is 4.67. The van der Waals surface area contributed by atoms with Gasteiger partial charge < -0.3 is 9.80 Å². The van der Waals surface area contributed by atoms with Gasteiger partial charge in [0, 0.05) is 43.0 Å². The topological polar surface area (TPSA) is 23.6 Å². The van der Waals surface area contributed by atoms with Crippen molar-refractivity contribution in [1.82, 2.24) is 4.90 Å². The Morgan fingerprint density at radius 1 is 0.966 bits per heavy atom. The molecule has 1 aliphatic heterocycles. The third kappa shape index (κ3) is 4.08. The number of halogens is 3. The second-order valence-corrected chi connectivity index (χ2v) is 7.72. The molecule has 0 radical (unpaired) electrons. The van der Waals surface area contributed by atoms with E-state index in [-0.39, 0.29) is 11.3 Å². The minimum atomic E-state index is -4.44. The van der Waals surface area contributed by atoms with Gasteiger partial charge in [0.15, 0.2) is 5.78 Å². The summed E-state index contributed by atoms with van der Waals surface area (Å²) in [5.74, 6) is -0.173. The fourth-order valence-corrected chi connectivity index (χ4v) is 4.03. The molecule has 0 N–H and O–H groups in total. The number of anilines is 1. The predicted molar refractivity (Wildman–Crippen MR) is 108 cm³/mol. The number of fused-ring (bicyclic) bond motifs is 1. The van der Waals surface area contributed by atoms with Crippen molar-refractivity contribution >= 4 is 17.5 Å². The molecular formula is C23H23F3N2O. The van der Waals surface area contributed by atoms with Crippen LogP contribution < -0.4 is 4.90 Å². The van der Waals surface area contributed by atoms with E-state index in [4.69, 9.17) is 0 Å². The molecule has 29 heavy (non-hydrogen) atoms. The lowest BCUT2D eigenvalue weighted by atomic mass is 9.85. The summed E-state index contributed by atoms with van der Waals surface area (Å²) in [5, 5.41) is 0. The summed E-state index contributed by atoms with van der Waals surface area (Å²) >= 11 is 0. The minimum Gasteiger partial charge on any atom is -0.369 e. The maximum atomic E-state index is 13.3. The van der Waals surface area contributed by atoms with Crippen molar-refractivity contribution in [2.75, 3.05) is 38.1 Å². The Bertz CT molecular complexity index is 957. The van der Waals surface area contributed by atoms with E-state index in [0.717, 1.165) is 43.5 Å². The number of allylic oxidation sites excluding steroid dienone is 1. The number of hydrogen-bond donors (Lipinski definition) is 0. The van der Waals surface area contributed by atoms with E-state index in [2.05, 4.69) is 22.9 Å². The highest BCUT2D eigenvalue weighted by atomic mass is 19.4. The standard InChI is InChI=1S/C23H23F3N2O/c1-27-10-12-28(13-11-27)19-8-9-20-16(15-19)6-7-18(22(20)29)14-17-4-2-3-5-21(17)23(24,25)26/h2-5,8-9,14-15H,6-7,10-13H2,1H3/b18-14+. The maximum Gasteiger partial charge on any atom is 0.416 e. The van der Waals surface area contributed by atoms with Crippen LogP contribution in [-0.4, -0.2) is 43.9 Å². The van der Waals surface area contributed by atoms with Crippen molar-refractivity contribution in [2.24, 2.45) is 0 Å². The Hall–Kier alpha value is -2.60. The number of benzene rings is 2. The first-order chi connectivity index (χ1) is 13.8. The Labute approximate surface area is 168 Å². The first kappa shape index (κ1) is 19.7. The first-order valence-corrected chi connectivity index (χ1v) is 9.81. The summed E-state index contributed by atoms with van der Waals surface area (Å²) < 4.78 is 39.8. The summed E-state index contributed by atoms with van der Waals surface area (Å²) in [6.45, 7) is 3.90. The Balaban J connectivity index is 1.61. The lowest BCUT2D eigenvalue weighted by Gasteiger charge is -2.34. The Morgan fingerprint density at radius 3 is 2.41 bits per heavy atom. The van der Waals surface area contributed by atoms with Crippen LogP contribution in [0.5, 0.6) is 0 Å². The fourth-order valence-electron chi connectivity index (χ4n) is 4.03. The van der Waals surface area contributed by atoms with E-state index < -0.39 is 11.7 Å². The van der Waals surface area contributed by atoms with Crippen LogP contribution in [0, 0.1) is 0 Å². The number of alkyl halides is 3. The number of rotatable bonds is 2. The zero-order valence-corrected chi connectivity index (χ0v) is 16.3. The van der Waals surface area contributed by atoms with E-state index in [0.29, 0.717) is 24.0 Å². The van der Waals surface area contributed by atoms with Crippen molar-refractivity contribution < 1.29 is 18.0 Å². The van der Waals surface area contributed by atoms with Gasteiger partial charge in [-0.3, -0.25) is 4.79 Å². The van der Waals surface area contributed by atoms with Gasteiger partial charge in [0.1, 0.15) is 0 Å². The Kier molecular flexibility index (Phi) is 5.21. The van der Waals surface area contributed by atoms with E-state index in [1.165, 1.54) is 18.2 Å². The molecular weight excluding hydrogens is 377 g/mol. The van der Waals surface area contributed by atoms with Crippen LogP contribution in [-0.2, 0) is 12.6 Å². The molecule has 0 aromatic heterocycles. The van der Waals surface area contributed by atoms with E-state index in [1.54, 1.807) is 6.07 Å². The largest absolute Gasteiger partial charge is 0.416 e. The first-order valence-electron chi connectivity index (χ1n) is 9.81. The third-order valence-electron chi connectivity index (χ3n) is 5.75. The number of Topliss-reactive ketones (excluding diaryl/α,β-unsaturated/α-hetero) is 1. The summed E-state index contributed by atoms with van der Waals surface area (Å²) in [4.78, 5) is 17.5. The molecule has 3 nitrogen and oxygen atoms in total. The summed E-state index contributed by atoms with van der Waals surface area (Å²) in [5.41, 5.74) is 2.45. The molecule has 1 heterocycles. The molecule has 2 aromatic rings. The van der Waals surface area contributed by atoms with Crippen LogP contribution in [0.3, 0.4) is 0 Å². The number of piperazine rings is 1. The van der Waals surface area contributed by atoms with Gasteiger partial charge in [-0.05, 0) is 61.4 Å². The van der Waals surface area contributed by atoms with Gasteiger partial charge in [0.25, 0.3) is 0 Å². The van der Waals surface area contributed by atoms with Crippen molar-refractivity contribution in [3.8, 4) is 0 Å². The highest BCUT2D eigenvalue weighted by Crippen LogP contribution is 2.35. The average molecular weight is 400 g/mol. The van der Waals surface area contributed by atoms with E-state index in [9.17, 15) is 18.0 Å². The molecule has 0 bridgehead atoms. The molecule has 1 aliphatic carbocycles. The maximum absolute atomic E-state index is 13.3. The number of hydrogen-bond acceptors (Lipinski definition) is 3. The van der Waals surface area contributed by atoms with Crippen molar-refractivity contribution in [3.63, 3.8) is 0 Å². The molecule has 0 atom stereocenters. The van der Waals surface area contributed by atoms with E-state index in [1.807, 2.05) is 12.1 Å². The van der Waals surface area contributed by atoms with Gasteiger partial charge in [-0.2, -0.15) is 13.2 Å². The number of carbonyl (C=O) groups excluding carboxylic acids is 1. The van der Waals surface area contributed by atoms with Crippen LogP contribution in [0.4, 0.5) is 18.9 Å². The molecule has 0 saturated carbocycles. The lowest BCUT2D eigenvalue weighted by molar-refractivity contribution is -0.137. The highest BCUT2D eigenvalue weighted by molar-refractivity contribution is 6.13. The molecule has 6 heteroatoms. The Morgan fingerprint density at radius 2 is 1.69 bits per heavy atom. The number of likely N-dealkylation sites (N-methyl/N-ethyl adjacent to an activating group) is 1. The minimum absolute atomic E-state index is 0.0425. The van der Waals surface area contributed by atoms with Gasteiger partial charge in [0.2, 0.25) is 0 Å². The lowest BCUT2D eigenvalue weighted by Crippen LogP contribution is -2.44. The van der Waals surface area contributed by atoms with Crippen molar-refractivity contribution in [1.29, 1.82) is 0 Å². The summed E-state index contributed by atoms with van der Waals surface area (Å²) in [6.07, 6.45) is -1.93. The van der Waals surface area contributed by atoms with Gasteiger partial charge in [0.05, 0.1) is 5.56 Å². The van der Waals surface area contributed by atoms with Gasteiger partial charge in [-0.15, -0.1) is 0 Å². The molecule has 2 aromatic carbocycles. The van der Waals surface area contributed by atoms with Gasteiger partial charge >= 0.3 is 6.18 Å². The number of aryl methyl sites for hydroxylation is 1. The fraction of sp³-hybridized carbons (Fsp3) is 0.348. The van der Waals surface area contributed by atoms with Gasteiger partial charge in [-0.1, -0.05) is 18.2 Å². The zero-order valence-electron chi connectivity index (χ0n) is 16.3. The SMILES string of the molecule is CN1CCN(c2ccc3c(c2)CC/C(=C\c2ccccc2C(F)(F)F)C3=O)CC1. The van der Waals surface area contributed by atoms with Crippen molar-refractivity contribution in [3.05, 3.63) is 70.3 Å². The number of ketones is 1. The zero-order chi connectivity index (χ0) is 20.6. The van der Waals surface area contributed by atoms with Crippen LogP contribution in [0.25, 0.3) is 6.08 Å². The monoisotopic (exact) mass is 400 g/mol. The van der Waals surface area contributed by atoms with Crippen LogP contribution in [0.15, 0.2) is 48.0 Å². The van der Waals surface area contributed by atoms with Crippen molar-refractivity contribution in [2.45, 2.75) is 19.0 Å². The second kappa shape index (κ2) is 7.67. The normalized spacial score (nSPS) is 19.5. The van der Waals surface area contributed by atoms with Crippen LogP contribution in [0.2, 0.25) is 0 Å². The van der Waals surface area contributed by atoms with Crippen LogP contribution in [0.1, 0.15) is 33.5 Å². The quantitative estimate of drug-likeness (QED) is 0.685. The molecule has 152 valence electrons. The van der Waals surface area contributed by atoms with Gasteiger partial charge in [-0.25, -0.2) is 0 Å². The smallest absolute Gasteiger partial charge is 0.369 e. The average Bonchev–Trinajstić information content (AvgIpc) is 2.70. The molecule has 4 rings (SSSR count). The van der Waals surface area contributed by atoms with Crippen LogP contribution >= 0.6 is 0 Å². The second-order valence-electron chi connectivity index (χ2n) is 7.72. The number of nitrogens with zero attached hydrogens (tertiary/aromatic N) is 2. The molecule has 0 unspecified atom stereocenters. The summed E-state index contributed by atoms with van der Waals surface area (Å²) in [7, 11) is 2.10. The molecule has 1 fully saturated rings. The van der Waals surface area contributed by atoms with E-state index >= 15 is 0 Å². The highest BCUT2D eigenvalue weighted by Gasteiger charge is 2.33. The number of carbonyl (C=O) groups is 1. The molecule has 2 aliphatic rings.